The standard InChI is InChI=1S/C17H13BrN2O3S/c1-23-12-5-6-14(18)13(8-12)16(22)20-17-19-15(9-24-17)10-3-2-4-11(21)7-10/h2-9,21H,1H3,(H,19,20,22). The molecule has 1 heterocycles. The van der Waals surface area contributed by atoms with Crippen molar-refractivity contribution in [1.29, 1.82) is 0 Å². The van der Waals surface area contributed by atoms with Gasteiger partial charge in [0, 0.05) is 15.4 Å². The molecule has 0 radical (unpaired) electrons. The number of nitrogens with one attached hydrogen (secondary N) is 1. The number of amides is 1. The zero-order valence-electron chi connectivity index (χ0n) is 12.6. The van der Waals surface area contributed by atoms with Crippen LogP contribution in [0.1, 0.15) is 10.4 Å². The van der Waals surface area contributed by atoms with E-state index < -0.39 is 0 Å². The van der Waals surface area contributed by atoms with Crippen molar-refractivity contribution in [2.75, 3.05) is 12.4 Å². The van der Waals surface area contributed by atoms with E-state index in [9.17, 15) is 9.90 Å². The van der Waals surface area contributed by atoms with E-state index in [0.717, 1.165) is 5.56 Å². The minimum absolute atomic E-state index is 0.173. The van der Waals surface area contributed by atoms with E-state index in [4.69, 9.17) is 4.74 Å². The third-order valence-electron chi connectivity index (χ3n) is 3.28. The van der Waals surface area contributed by atoms with Crippen LogP contribution >= 0.6 is 27.3 Å². The summed E-state index contributed by atoms with van der Waals surface area (Å²) in [6, 6.07) is 12.0. The summed E-state index contributed by atoms with van der Waals surface area (Å²) in [5.41, 5.74) is 1.94. The highest BCUT2D eigenvalue weighted by atomic mass is 79.9. The maximum Gasteiger partial charge on any atom is 0.258 e. The number of carbonyl (C=O) groups excluding carboxylic acids is 1. The average Bonchev–Trinajstić information content (AvgIpc) is 3.03. The molecule has 0 bridgehead atoms. The van der Waals surface area contributed by atoms with Gasteiger partial charge in [-0.1, -0.05) is 12.1 Å². The van der Waals surface area contributed by atoms with Crippen LogP contribution in [0.5, 0.6) is 11.5 Å². The first-order valence-electron chi connectivity index (χ1n) is 6.96. The van der Waals surface area contributed by atoms with Crippen LogP contribution in [0.3, 0.4) is 0 Å². The number of anilines is 1. The van der Waals surface area contributed by atoms with Crippen molar-refractivity contribution >= 4 is 38.3 Å². The largest absolute Gasteiger partial charge is 0.508 e. The fourth-order valence-corrected chi connectivity index (χ4v) is 3.24. The van der Waals surface area contributed by atoms with Crippen molar-refractivity contribution < 1.29 is 14.6 Å². The lowest BCUT2D eigenvalue weighted by Crippen LogP contribution is -2.12. The van der Waals surface area contributed by atoms with Crippen LogP contribution in [-0.4, -0.2) is 23.1 Å². The Morgan fingerprint density at radius 1 is 1.29 bits per heavy atom. The van der Waals surface area contributed by atoms with Gasteiger partial charge in [-0.15, -0.1) is 11.3 Å². The molecule has 0 saturated carbocycles. The van der Waals surface area contributed by atoms with Gasteiger partial charge < -0.3 is 9.84 Å². The van der Waals surface area contributed by atoms with Crippen molar-refractivity contribution in [2.24, 2.45) is 0 Å². The monoisotopic (exact) mass is 404 g/mol. The van der Waals surface area contributed by atoms with Gasteiger partial charge in [-0.05, 0) is 46.3 Å². The number of benzene rings is 2. The molecule has 2 aromatic carbocycles. The summed E-state index contributed by atoms with van der Waals surface area (Å²) >= 11 is 4.68. The highest BCUT2D eigenvalue weighted by molar-refractivity contribution is 9.10. The van der Waals surface area contributed by atoms with Crippen LogP contribution in [0, 0.1) is 0 Å². The second kappa shape index (κ2) is 7.02. The number of rotatable bonds is 4. The van der Waals surface area contributed by atoms with Crippen molar-refractivity contribution in [3.8, 4) is 22.8 Å². The lowest BCUT2D eigenvalue weighted by molar-refractivity contribution is 0.102. The predicted octanol–water partition coefficient (Wildman–Crippen LogP) is 4.54. The number of thiazole rings is 1. The molecule has 0 fully saturated rings. The molecule has 1 amide bonds. The van der Waals surface area contributed by atoms with Crippen molar-refractivity contribution in [2.45, 2.75) is 0 Å². The predicted molar refractivity (Wildman–Crippen MR) is 97.9 cm³/mol. The molecule has 0 aliphatic rings. The third kappa shape index (κ3) is 3.58. The Labute approximate surface area is 151 Å². The average molecular weight is 405 g/mol. The minimum Gasteiger partial charge on any atom is -0.508 e. The number of ether oxygens (including phenoxy) is 1. The molecule has 3 aromatic rings. The quantitative estimate of drug-likeness (QED) is 0.669. The molecule has 3 rings (SSSR count). The summed E-state index contributed by atoms with van der Waals surface area (Å²) in [5, 5.41) is 14.6. The molecule has 0 spiro atoms. The molecular formula is C17H13BrN2O3S. The lowest BCUT2D eigenvalue weighted by atomic mass is 10.2. The van der Waals surface area contributed by atoms with Gasteiger partial charge in [0.05, 0.1) is 18.4 Å². The zero-order chi connectivity index (χ0) is 17.1. The Kier molecular flexibility index (Phi) is 4.82. The summed E-state index contributed by atoms with van der Waals surface area (Å²) in [6.45, 7) is 0. The second-order valence-electron chi connectivity index (χ2n) is 4.89. The summed E-state index contributed by atoms with van der Waals surface area (Å²) in [4.78, 5) is 16.8. The van der Waals surface area contributed by atoms with Crippen LogP contribution in [0.25, 0.3) is 11.3 Å². The highest BCUT2D eigenvalue weighted by Crippen LogP contribution is 2.28. The fourth-order valence-electron chi connectivity index (χ4n) is 2.10. The van der Waals surface area contributed by atoms with Gasteiger partial charge >= 0.3 is 0 Å². The highest BCUT2D eigenvalue weighted by Gasteiger charge is 2.14. The van der Waals surface area contributed by atoms with E-state index in [0.29, 0.717) is 26.6 Å². The number of hydrogen-bond acceptors (Lipinski definition) is 5. The number of phenolic OH excluding ortho intramolecular Hbond substituents is 1. The summed E-state index contributed by atoms with van der Waals surface area (Å²) < 4.78 is 5.82. The number of aromatic hydroxyl groups is 1. The van der Waals surface area contributed by atoms with Gasteiger partial charge in [-0.2, -0.15) is 0 Å². The first-order valence-corrected chi connectivity index (χ1v) is 8.64. The Bertz CT molecular complexity index is 895. The first-order chi connectivity index (χ1) is 11.6. The van der Waals surface area contributed by atoms with Crippen LogP contribution in [0.15, 0.2) is 52.3 Å². The molecule has 7 heteroatoms. The minimum atomic E-state index is -0.280. The molecule has 1 aromatic heterocycles. The summed E-state index contributed by atoms with van der Waals surface area (Å²) in [5.74, 6) is 0.493. The number of hydrogen-bond donors (Lipinski definition) is 2. The zero-order valence-corrected chi connectivity index (χ0v) is 15.0. The smallest absolute Gasteiger partial charge is 0.258 e. The van der Waals surface area contributed by atoms with E-state index in [-0.39, 0.29) is 11.7 Å². The molecule has 0 unspecified atom stereocenters. The van der Waals surface area contributed by atoms with Gasteiger partial charge in [0.15, 0.2) is 5.13 Å². The number of carbonyl (C=O) groups is 1. The van der Waals surface area contributed by atoms with Crippen molar-refractivity contribution in [3.63, 3.8) is 0 Å². The van der Waals surface area contributed by atoms with E-state index in [2.05, 4.69) is 26.2 Å². The number of aromatic nitrogens is 1. The Morgan fingerprint density at radius 3 is 2.88 bits per heavy atom. The summed E-state index contributed by atoms with van der Waals surface area (Å²) in [7, 11) is 1.55. The Hall–Kier alpha value is -2.38. The number of phenols is 1. The Morgan fingerprint density at radius 2 is 2.12 bits per heavy atom. The van der Waals surface area contributed by atoms with E-state index in [1.54, 1.807) is 43.5 Å². The first kappa shape index (κ1) is 16.5. The molecular weight excluding hydrogens is 392 g/mol. The molecule has 0 aliphatic carbocycles. The van der Waals surface area contributed by atoms with Gasteiger partial charge in [-0.25, -0.2) is 4.98 Å². The molecule has 5 nitrogen and oxygen atoms in total. The van der Waals surface area contributed by atoms with Gasteiger partial charge in [-0.3, -0.25) is 10.1 Å². The fraction of sp³-hybridized carbons (Fsp3) is 0.0588. The maximum absolute atomic E-state index is 12.4. The van der Waals surface area contributed by atoms with E-state index in [1.165, 1.54) is 11.3 Å². The van der Waals surface area contributed by atoms with Crippen LogP contribution in [0.4, 0.5) is 5.13 Å². The van der Waals surface area contributed by atoms with Crippen LogP contribution in [-0.2, 0) is 0 Å². The third-order valence-corrected chi connectivity index (χ3v) is 4.73. The van der Waals surface area contributed by atoms with E-state index >= 15 is 0 Å². The van der Waals surface area contributed by atoms with Gasteiger partial charge in [0.1, 0.15) is 11.5 Å². The van der Waals surface area contributed by atoms with E-state index in [1.807, 2.05) is 11.4 Å². The topological polar surface area (TPSA) is 71.5 Å². The lowest BCUT2D eigenvalue weighted by Gasteiger charge is -2.06. The number of halogens is 1. The maximum atomic E-state index is 12.4. The number of nitrogens with zero attached hydrogens (tertiary/aromatic N) is 1. The van der Waals surface area contributed by atoms with Gasteiger partial charge in [0.25, 0.3) is 5.91 Å². The summed E-state index contributed by atoms with van der Waals surface area (Å²) in [6.07, 6.45) is 0. The van der Waals surface area contributed by atoms with Crippen molar-refractivity contribution in [3.05, 3.63) is 57.9 Å². The second-order valence-corrected chi connectivity index (χ2v) is 6.60. The molecule has 0 saturated heterocycles. The molecule has 0 aliphatic heterocycles. The Balaban J connectivity index is 1.81. The molecule has 122 valence electrons. The molecule has 24 heavy (non-hydrogen) atoms. The van der Waals surface area contributed by atoms with Crippen molar-refractivity contribution in [1.82, 2.24) is 4.98 Å². The number of methoxy groups -OCH3 is 1. The molecule has 0 atom stereocenters. The van der Waals surface area contributed by atoms with Gasteiger partial charge in [0.2, 0.25) is 0 Å². The van der Waals surface area contributed by atoms with Crippen LogP contribution < -0.4 is 10.1 Å². The van der Waals surface area contributed by atoms with Crippen LogP contribution in [0.2, 0.25) is 0 Å². The SMILES string of the molecule is COc1ccc(Br)c(C(=O)Nc2nc(-c3cccc(O)c3)cs2)c1. The molecule has 2 N–H and O–H groups in total. The normalized spacial score (nSPS) is 10.4.